The Morgan fingerprint density at radius 3 is 2.38 bits per heavy atom. The molecule has 1 aromatic carbocycles. The number of amides is 1. The summed E-state index contributed by atoms with van der Waals surface area (Å²) >= 11 is 0. The van der Waals surface area contributed by atoms with Gasteiger partial charge in [0, 0.05) is 37.8 Å². The molecule has 12 nitrogen and oxygen atoms in total. The minimum Gasteiger partial charge on any atom is -0.507 e. The van der Waals surface area contributed by atoms with E-state index in [9.17, 15) is 34.2 Å². The Kier molecular flexibility index (Phi) is 6.74. The van der Waals surface area contributed by atoms with Crippen LogP contribution in [0.1, 0.15) is 27.9 Å². The van der Waals surface area contributed by atoms with E-state index >= 15 is 0 Å². The SMILES string of the molecule is CONCc1cc(N(C)C)c2c(c1O)C(=O)C1C(=O)[C@]3(O)C(=O)C(C(N)=O)C(=O)[C@@H](N(C)C)[C@@H]3C[C@@H]1C2. The van der Waals surface area contributed by atoms with Crippen molar-refractivity contribution in [2.45, 2.75) is 31.0 Å². The number of nitrogens with one attached hydrogen (secondary N) is 1. The summed E-state index contributed by atoms with van der Waals surface area (Å²) in [7, 11) is 8.07. The van der Waals surface area contributed by atoms with Gasteiger partial charge in [-0.3, -0.25) is 28.9 Å². The zero-order valence-electron chi connectivity index (χ0n) is 21.4. The average Bonchev–Trinajstić information content (AvgIpc) is 2.80. The van der Waals surface area contributed by atoms with Crippen LogP contribution in [0.5, 0.6) is 5.75 Å². The molecule has 200 valence electrons. The van der Waals surface area contributed by atoms with E-state index in [1.807, 2.05) is 0 Å². The molecule has 0 aliphatic heterocycles. The van der Waals surface area contributed by atoms with Crippen LogP contribution in [0.15, 0.2) is 6.07 Å². The normalized spacial score (nSPS) is 31.2. The molecule has 0 heterocycles. The van der Waals surface area contributed by atoms with Crippen molar-refractivity contribution in [2.24, 2.45) is 29.4 Å². The van der Waals surface area contributed by atoms with E-state index in [0.717, 1.165) is 0 Å². The number of aliphatic hydroxyl groups is 1. The minimum atomic E-state index is -2.74. The predicted molar refractivity (Wildman–Crippen MR) is 130 cm³/mol. The van der Waals surface area contributed by atoms with Crippen molar-refractivity contribution in [3.05, 3.63) is 22.8 Å². The molecule has 2 saturated carbocycles. The van der Waals surface area contributed by atoms with Gasteiger partial charge in [-0.05, 0) is 44.5 Å². The molecule has 0 saturated heterocycles. The topological polar surface area (TPSA) is 180 Å². The zero-order chi connectivity index (χ0) is 27.6. The number of anilines is 1. The highest BCUT2D eigenvalue weighted by atomic mass is 16.6. The second kappa shape index (κ2) is 9.28. The first kappa shape index (κ1) is 26.9. The first-order valence-electron chi connectivity index (χ1n) is 11.9. The van der Waals surface area contributed by atoms with Crippen molar-refractivity contribution in [1.29, 1.82) is 0 Å². The Bertz CT molecular complexity index is 1210. The van der Waals surface area contributed by atoms with Crippen LogP contribution in [-0.2, 0) is 37.0 Å². The standard InChI is InChI=1S/C25H32N4O8/c1-28(2)14-8-11(9-27-37-5)19(30)16-12(14)6-10-7-13-18(29(3)4)21(32)17(24(26)35)23(34)25(13,36)22(33)15(10)20(16)31/h8,10,13,15,17-18,27,30,36H,6-7,9H2,1-5H3,(H2,26,35)/t10-,13-,15?,17?,18-,25-/m0/s1. The Labute approximate surface area is 213 Å². The van der Waals surface area contributed by atoms with Crippen LogP contribution in [0.25, 0.3) is 0 Å². The van der Waals surface area contributed by atoms with Gasteiger partial charge in [-0.1, -0.05) is 0 Å². The van der Waals surface area contributed by atoms with Gasteiger partial charge in [0.1, 0.15) is 5.75 Å². The summed E-state index contributed by atoms with van der Waals surface area (Å²) in [6, 6.07) is 0.591. The van der Waals surface area contributed by atoms with Crippen LogP contribution in [-0.4, -0.2) is 91.1 Å². The number of phenolic OH excluding ortho intramolecular Hbond substituents is 1. The molecule has 6 atom stereocenters. The lowest BCUT2D eigenvalue weighted by Gasteiger charge is -2.52. The van der Waals surface area contributed by atoms with Crippen molar-refractivity contribution in [3.8, 4) is 5.75 Å². The Morgan fingerprint density at radius 2 is 1.84 bits per heavy atom. The molecule has 37 heavy (non-hydrogen) atoms. The van der Waals surface area contributed by atoms with Gasteiger partial charge in [-0.15, -0.1) is 0 Å². The Hall–Kier alpha value is -3.19. The Balaban J connectivity index is 1.88. The van der Waals surface area contributed by atoms with Gasteiger partial charge in [0.05, 0.1) is 24.6 Å². The summed E-state index contributed by atoms with van der Waals surface area (Å²) in [6.45, 7) is 0.0726. The van der Waals surface area contributed by atoms with Gasteiger partial charge in [-0.25, -0.2) is 0 Å². The number of carbonyl (C=O) groups is 5. The van der Waals surface area contributed by atoms with Crippen molar-refractivity contribution < 1.29 is 39.0 Å². The number of hydrogen-bond donors (Lipinski definition) is 4. The molecule has 1 amide bonds. The number of Topliss-reactive ketones (excluding diaryl/α,β-unsaturated/α-hetero) is 4. The van der Waals surface area contributed by atoms with E-state index in [0.29, 0.717) is 16.8 Å². The largest absolute Gasteiger partial charge is 0.507 e. The van der Waals surface area contributed by atoms with Gasteiger partial charge in [0.15, 0.2) is 34.7 Å². The number of rotatable bonds is 6. The van der Waals surface area contributed by atoms with Gasteiger partial charge in [0.2, 0.25) is 5.91 Å². The summed E-state index contributed by atoms with van der Waals surface area (Å²) in [4.78, 5) is 74.4. The van der Waals surface area contributed by atoms with Crippen LogP contribution >= 0.6 is 0 Å². The molecule has 0 bridgehead atoms. The number of phenols is 1. The predicted octanol–water partition coefficient (Wildman–Crippen LogP) is -1.42. The van der Waals surface area contributed by atoms with E-state index in [2.05, 4.69) is 5.48 Å². The highest BCUT2D eigenvalue weighted by Crippen LogP contribution is 2.52. The van der Waals surface area contributed by atoms with E-state index in [1.165, 1.54) is 12.0 Å². The van der Waals surface area contributed by atoms with E-state index in [4.69, 9.17) is 10.6 Å². The summed E-state index contributed by atoms with van der Waals surface area (Å²) in [5.74, 6) is -10.6. The molecule has 3 aliphatic carbocycles. The lowest BCUT2D eigenvalue weighted by molar-refractivity contribution is -0.181. The van der Waals surface area contributed by atoms with Gasteiger partial charge >= 0.3 is 0 Å². The number of nitrogens with two attached hydrogens (primary N) is 1. The number of benzene rings is 1. The number of hydroxylamine groups is 1. The molecule has 5 N–H and O–H groups in total. The molecule has 2 fully saturated rings. The van der Waals surface area contributed by atoms with E-state index < -0.39 is 64.4 Å². The zero-order valence-corrected chi connectivity index (χ0v) is 21.4. The number of carbonyl (C=O) groups excluding carboxylic acids is 5. The van der Waals surface area contributed by atoms with Crippen molar-refractivity contribution in [1.82, 2.24) is 10.4 Å². The third-order valence-electron chi connectivity index (χ3n) is 8.01. The lowest BCUT2D eigenvalue weighted by Crippen LogP contribution is -2.74. The third kappa shape index (κ3) is 3.78. The molecule has 0 radical (unpaired) electrons. The molecule has 0 aromatic heterocycles. The number of nitrogens with zero attached hydrogens (tertiary/aromatic N) is 2. The Morgan fingerprint density at radius 1 is 1.19 bits per heavy atom. The van der Waals surface area contributed by atoms with Gasteiger partial charge < -0.3 is 25.7 Å². The molecule has 12 heteroatoms. The van der Waals surface area contributed by atoms with Gasteiger partial charge in [-0.2, -0.15) is 5.48 Å². The molecular formula is C25H32N4O8. The van der Waals surface area contributed by atoms with Crippen LogP contribution in [0.4, 0.5) is 5.69 Å². The monoisotopic (exact) mass is 516 g/mol. The van der Waals surface area contributed by atoms with Crippen LogP contribution < -0.4 is 16.1 Å². The minimum absolute atomic E-state index is 0.00447. The quantitative estimate of drug-likeness (QED) is 0.258. The second-order valence-corrected chi connectivity index (χ2v) is 10.5. The summed E-state index contributed by atoms with van der Waals surface area (Å²) in [5.41, 5.74) is 6.72. The highest BCUT2D eigenvalue weighted by molar-refractivity contribution is 6.32. The van der Waals surface area contributed by atoms with E-state index in [1.54, 1.807) is 39.2 Å². The highest BCUT2D eigenvalue weighted by Gasteiger charge is 2.69. The average molecular weight is 517 g/mol. The molecule has 4 rings (SSSR count). The third-order valence-corrected chi connectivity index (χ3v) is 8.01. The summed E-state index contributed by atoms with van der Waals surface area (Å²) < 4.78 is 0. The molecule has 0 spiro atoms. The maximum atomic E-state index is 13.9. The number of likely N-dealkylation sites (N-methyl/N-ethyl adjacent to an activating group) is 1. The van der Waals surface area contributed by atoms with Crippen LogP contribution in [0, 0.1) is 23.7 Å². The fraction of sp³-hybridized carbons (Fsp3) is 0.560. The molecular weight excluding hydrogens is 484 g/mol. The number of primary amides is 1. The smallest absolute Gasteiger partial charge is 0.235 e. The fourth-order valence-electron chi connectivity index (χ4n) is 6.39. The summed E-state index contributed by atoms with van der Waals surface area (Å²) in [5, 5.41) is 22.7. The van der Waals surface area contributed by atoms with Crippen molar-refractivity contribution in [2.75, 3.05) is 40.2 Å². The lowest BCUT2D eigenvalue weighted by atomic mass is 9.52. The first-order chi connectivity index (χ1) is 17.3. The number of ketones is 4. The van der Waals surface area contributed by atoms with Crippen molar-refractivity contribution >= 4 is 34.7 Å². The first-order valence-corrected chi connectivity index (χ1v) is 11.9. The van der Waals surface area contributed by atoms with E-state index in [-0.39, 0.29) is 30.7 Å². The molecule has 1 aromatic rings. The molecule has 3 aliphatic rings. The fourth-order valence-corrected chi connectivity index (χ4v) is 6.39. The van der Waals surface area contributed by atoms with Crippen molar-refractivity contribution in [3.63, 3.8) is 0 Å². The number of hydrogen-bond acceptors (Lipinski definition) is 11. The maximum absolute atomic E-state index is 13.9. The van der Waals surface area contributed by atoms with Gasteiger partial charge in [0.25, 0.3) is 0 Å². The number of aromatic hydroxyl groups is 1. The maximum Gasteiger partial charge on any atom is 0.235 e. The second-order valence-electron chi connectivity index (χ2n) is 10.5. The van der Waals surface area contributed by atoms with Crippen LogP contribution in [0.2, 0.25) is 0 Å². The summed E-state index contributed by atoms with van der Waals surface area (Å²) in [6.07, 6.45) is 0.204. The number of fused-ring (bicyclic) bond motifs is 3. The van der Waals surface area contributed by atoms with Crippen LogP contribution in [0.3, 0.4) is 0 Å². The molecule has 2 unspecified atom stereocenters.